The molecule has 0 fully saturated rings. The van der Waals surface area contributed by atoms with E-state index >= 15 is 0 Å². The van der Waals surface area contributed by atoms with E-state index in [-0.39, 0.29) is 38.4 Å². The highest BCUT2D eigenvalue weighted by Gasteiger charge is 2.32. The Kier molecular flexibility index (Phi) is 14.5. The molecule has 5 N–H and O–H groups in total. The Morgan fingerprint density at radius 1 is 0.768 bits per heavy atom. The van der Waals surface area contributed by atoms with Crippen molar-refractivity contribution in [3.05, 3.63) is 127 Å². The van der Waals surface area contributed by atoms with Gasteiger partial charge < -0.3 is 35.8 Å². The smallest absolute Gasteiger partial charge is 0.407 e. The van der Waals surface area contributed by atoms with E-state index < -0.39 is 60.4 Å². The van der Waals surface area contributed by atoms with Crippen molar-refractivity contribution in [3.63, 3.8) is 0 Å². The number of hydrogen-bond donors (Lipinski definition) is 5. The highest BCUT2D eigenvalue weighted by atomic mass is 16.6. The maximum atomic E-state index is 13.7. The minimum atomic E-state index is -1.39. The number of carbonyl (C=O) groups excluding carboxylic acids is 5. The second kappa shape index (κ2) is 19.9. The maximum Gasteiger partial charge on any atom is 0.407 e. The van der Waals surface area contributed by atoms with Crippen LogP contribution in [0.4, 0.5) is 10.5 Å². The molecule has 4 amide bonds. The Labute approximate surface area is 326 Å². The summed E-state index contributed by atoms with van der Waals surface area (Å²) in [4.78, 5) is 66.6. The number of esters is 1. The molecule has 292 valence electrons. The normalized spacial score (nSPS) is 13.8. The highest BCUT2D eigenvalue weighted by Crippen LogP contribution is 2.44. The average molecular weight is 761 g/mol. The number of carbonyl (C=O) groups is 5. The first-order valence-electron chi connectivity index (χ1n) is 18.6. The van der Waals surface area contributed by atoms with Crippen LogP contribution in [0.25, 0.3) is 21.9 Å². The van der Waals surface area contributed by atoms with Crippen molar-refractivity contribution in [1.29, 1.82) is 0 Å². The van der Waals surface area contributed by atoms with Crippen LogP contribution in [0.3, 0.4) is 0 Å². The zero-order valence-corrected chi connectivity index (χ0v) is 31.4. The molecule has 56 heavy (non-hydrogen) atoms. The molecule has 5 rings (SSSR count). The molecule has 12 nitrogen and oxygen atoms in total. The fraction of sp³-hybridized carbons (Fsp3) is 0.295. The van der Waals surface area contributed by atoms with Crippen LogP contribution in [0, 0.1) is 5.92 Å². The third-order valence-corrected chi connectivity index (χ3v) is 9.56. The summed E-state index contributed by atoms with van der Waals surface area (Å²) in [7, 11) is 0. The average Bonchev–Trinajstić information content (AvgIpc) is 3.52. The number of hydrogen-bond acceptors (Lipinski definition) is 8. The Morgan fingerprint density at radius 2 is 1.43 bits per heavy atom. The predicted molar refractivity (Wildman–Crippen MR) is 215 cm³/mol. The fourth-order valence-corrected chi connectivity index (χ4v) is 6.64. The molecule has 0 saturated heterocycles. The molecule has 0 aliphatic heterocycles. The number of aliphatic hydroxyl groups excluding tert-OH is 1. The molecule has 4 aromatic carbocycles. The van der Waals surface area contributed by atoms with E-state index in [1.165, 1.54) is 6.08 Å². The van der Waals surface area contributed by atoms with Crippen LogP contribution in [0.5, 0.6) is 0 Å². The molecule has 1 aliphatic carbocycles. The topological polar surface area (TPSA) is 172 Å². The molecular formula is C44H48N4O8. The first-order chi connectivity index (χ1) is 27.1. The van der Waals surface area contributed by atoms with Crippen molar-refractivity contribution in [2.75, 3.05) is 25.1 Å². The van der Waals surface area contributed by atoms with Crippen LogP contribution in [0.2, 0.25) is 0 Å². The number of rotatable bonds is 19. The summed E-state index contributed by atoms with van der Waals surface area (Å²) in [6, 6.07) is 25.7. The summed E-state index contributed by atoms with van der Waals surface area (Å²) in [5.41, 5.74) is 4.67. The zero-order valence-electron chi connectivity index (χ0n) is 31.4. The third kappa shape index (κ3) is 10.7. The van der Waals surface area contributed by atoms with Gasteiger partial charge in [-0.3, -0.25) is 14.4 Å². The Balaban J connectivity index is 1.27. The lowest BCUT2D eigenvalue weighted by atomic mass is 9.98. The maximum absolute atomic E-state index is 13.7. The summed E-state index contributed by atoms with van der Waals surface area (Å²) < 4.78 is 11.3. The Bertz CT molecular complexity index is 2020. The number of fused-ring (bicyclic) bond motifs is 4. The molecular weight excluding hydrogens is 713 g/mol. The molecule has 0 heterocycles. The monoisotopic (exact) mass is 760 g/mol. The number of benzene rings is 4. The van der Waals surface area contributed by atoms with Gasteiger partial charge in [-0.05, 0) is 71.3 Å². The quantitative estimate of drug-likeness (QED) is 0.0593. The summed E-state index contributed by atoms with van der Waals surface area (Å²) in [5, 5.41) is 21.8. The van der Waals surface area contributed by atoms with Crippen molar-refractivity contribution >= 4 is 46.2 Å². The zero-order chi connectivity index (χ0) is 40.0. The first-order valence-corrected chi connectivity index (χ1v) is 18.6. The van der Waals surface area contributed by atoms with Crippen molar-refractivity contribution in [1.82, 2.24) is 16.0 Å². The number of aliphatic hydroxyl groups is 1. The number of alkyl carbamates (subject to hydrolysis) is 1. The largest absolute Gasteiger partial charge is 0.461 e. The van der Waals surface area contributed by atoms with Gasteiger partial charge in [-0.1, -0.05) is 91.0 Å². The van der Waals surface area contributed by atoms with E-state index in [1.54, 1.807) is 25.1 Å². The lowest BCUT2D eigenvalue weighted by Crippen LogP contribution is -2.51. The molecule has 4 aromatic rings. The summed E-state index contributed by atoms with van der Waals surface area (Å²) >= 11 is 0. The van der Waals surface area contributed by atoms with E-state index in [2.05, 4.69) is 34.4 Å². The summed E-state index contributed by atoms with van der Waals surface area (Å²) in [6.45, 7) is 8.20. The lowest BCUT2D eigenvalue weighted by Gasteiger charge is -2.23. The van der Waals surface area contributed by atoms with Gasteiger partial charge in [0.25, 0.3) is 5.91 Å². The van der Waals surface area contributed by atoms with E-state index in [1.807, 2.05) is 78.9 Å². The summed E-state index contributed by atoms with van der Waals surface area (Å²) in [6.07, 6.45) is 2.61. The van der Waals surface area contributed by atoms with Gasteiger partial charge in [0, 0.05) is 24.1 Å². The summed E-state index contributed by atoms with van der Waals surface area (Å²) in [5.74, 6) is -3.75. The molecule has 0 aromatic heterocycles. The van der Waals surface area contributed by atoms with Gasteiger partial charge in [-0.2, -0.15) is 0 Å². The Hall–Kier alpha value is -6.27. The molecule has 0 saturated carbocycles. The van der Waals surface area contributed by atoms with Crippen molar-refractivity contribution in [2.24, 2.45) is 5.92 Å². The van der Waals surface area contributed by atoms with Gasteiger partial charge in [-0.25, -0.2) is 9.59 Å². The van der Waals surface area contributed by atoms with Crippen LogP contribution >= 0.6 is 0 Å². The molecule has 0 unspecified atom stereocenters. The third-order valence-electron chi connectivity index (χ3n) is 9.56. The number of anilines is 1. The SMILES string of the molecule is C=CCC[C@H](NC(=O)OCC1c2ccccc2-c2ccccc21)C(=O)OC[C@H](NC(=O)[C@@H](CC=C)CC(=O)N[C@H](C)CO)C(=O)Nc1ccc2ccccc2c1. The van der Waals surface area contributed by atoms with Gasteiger partial charge >= 0.3 is 12.1 Å². The van der Waals surface area contributed by atoms with Crippen molar-refractivity contribution in [2.45, 2.75) is 56.7 Å². The van der Waals surface area contributed by atoms with Crippen LogP contribution in [0.15, 0.2) is 116 Å². The molecule has 12 heteroatoms. The second-order valence-electron chi connectivity index (χ2n) is 13.7. The van der Waals surface area contributed by atoms with Gasteiger partial charge in [0.15, 0.2) is 0 Å². The van der Waals surface area contributed by atoms with Gasteiger partial charge in [-0.15, -0.1) is 13.2 Å². The minimum Gasteiger partial charge on any atom is -0.461 e. The minimum absolute atomic E-state index is 0.0367. The predicted octanol–water partition coefficient (Wildman–Crippen LogP) is 5.76. The highest BCUT2D eigenvalue weighted by molar-refractivity contribution is 6.00. The van der Waals surface area contributed by atoms with E-state index in [4.69, 9.17) is 9.47 Å². The Morgan fingerprint density at radius 3 is 2.09 bits per heavy atom. The van der Waals surface area contributed by atoms with Crippen LogP contribution in [0.1, 0.15) is 49.7 Å². The first kappa shape index (κ1) is 40.9. The number of amides is 4. The standard InChI is InChI=1S/C44H48N4O8/c1-4-6-20-38(48-44(54)56-26-37-35-18-11-9-16-33(35)34-17-10-12-19-36(34)37)43(53)55-27-39(42(52)46-32-22-21-29-14-7-8-15-30(29)23-32)47-41(51)31(13-5-2)24-40(50)45-28(3)25-49/h4-5,7-12,14-19,21-23,28,31,37-39,49H,1-2,6,13,20,24-27H2,3H3,(H,45,50)(H,46,52)(H,47,51)(H,48,54)/t28-,31+,38+,39+/m1/s1. The fourth-order valence-electron chi connectivity index (χ4n) is 6.64. The molecule has 0 spiro atoms. The number of allylic oxidation sites excluding steroid dienone is 2. The second-order valence-corrected chi connectivity index (χ2v) is 13.7. The van der Waals surface area contributed by atoms with Gasteiger partial charge in [0.05, 0.1) is 12.5 Å². The van der Waals surface area contributed by atoms with Crippen LogP contribution in [-0.4, -0.2) is 72.8 Å². The molecule has 4 atom stereocenters. The molecule has 0 bridgehead atoms. The van der Waals surface area contributed by atoms with E-state index in [0.717, 1.165) is 33.0 Å². The number of nitrogens with one attached hydrogen (secondary N) is 4. The van der Waals surface area contributed by atoms with E-state index in [9.17, 15) is 29.1 Å². The molecule has 0 radical (unpaired) electrons. The van der Waals surface area contributed by atoms with Crippen molar-refractivity contribution < 1.29 is 38.6 Å². The lowest BCUT2D eigenvalue weighted by molar-refractivity contribution is -0.148. The van der Waals surface area contributed by atoms with Gasteiger partial charge in [0.2, 0.25) is 11.8 Å². The molecule has 1 aliphatic rings. The van der Waals surface area contributed by atoms with Gasteiger partial charge in [0.1, 0.15) is 25.3 Å². The van der Waals surface area contributed by atoms with Crippen LogP contribution < -0.4 is 21.3 Å². The van der Waals surface area contributed by atoms with Crippen molar-refractivity contribution in [3.8, 4) is 11.1 Å². The van der Waals surface area contributed by atoms with E-state index in [0.29, 0.717) is 12.1 Å². The van der Waals surface area contributed by atoms with Crippen LogP contribution in [-0.2, 0) is 28.7 Å². The number of ether oxygens (including phenoxy) is 2.